The topological polar surface area (TPSA) is 49.7 Å². The molecule has 1 aliphatic carbocycles. The molecule has 114 valence electrons. The average Bonchev–Trinajstić information content (AvgIpc) is 2.94. The van der Waals surface area contributed by atoms with E-state index in [2.05, 4.69) is 0 Å². The molecule has 3 aliphatic rings. The van der Waals surface area contributed by atoms with E-state index in [0.29, 0.717) is 12.0 Å². The van der Waals surface area contributed by atoms with E-state index >= 15 is 0 Å². The van der Waals surface area contributed by atoms with Gasteiger partial charge in [0.25, 0.3) is 0 Å². The molecule has 0 amide bonds. The van der Waals surface area contributed by atoms with Crippen molar-refractivity contribution in [1.29, 1.82) is 0 Å². The molecule has 1 N–H and O–H groups in total. The number of aromatic hydroxyl groups is 1. The van der Waals surface area contributed by atoms with Crippen LogP contribution in [0, 0.1) is 5.82 Å². The van der Waals surface area contributed by atoms with Gasteiger partial charge in [0.1, 0.15) is 11.6 Å². The Kier molecular flexibility index (Phi) is 3.33. The number of hydrogen-bond donors (Lipinski definition) is 1. The molecule has 1 fully saturated rings. The minimum absolute atomic E-state index is 0.0658. The van der Waals surface area contributed by atoms with Crippen molar-refractivity contribution in [2.45, 2.75) is 36.9 Å². The summed E-state index contributed by atoms with van der Waals surface area (Å²) in [7, 11) is 0. The summed E-state index contributed by atoms with van der Waals surface area (Å²) in [5.41, 5.74) is 3.40. The van der Waals surface area contributed by atoms with Gasteiger partial charge in [0, 0.05) is 41.0 Å². The summed E-state index contributed by atoms with van der Waals surface area (Å²) in [5, 5.41) is 10.3. The molecule has 0 spiro atoms. The summed E-state index contributed by atoms with van der Waals surface area (Å²) >= 11 is 1.78. The van der Waals surface area contributed by atoms with Crippen LogP contribution in [-0.2, 0) is 4.79 Å². The van der Waals surface area contributed by atoms with Gasteiger partial charge in [0.15, 0.2) is 5.78 Å². The van der Waals surface area contributed by atoms with E-state index in [-0.39, 0.29) is 22.7 Å². The number of carbonyl (C=O) groups is 1. The lowest BCUT2D eigenvalue weighted by Gasteiger charge is -2.33. The molecule has 0 bridgehead atoms. The molecule has 2 heterocycles. The molecule has 5 heteroatoms. The number of allylic oxidation sites excluding steroid dienone is 2. The summed E-state index contributed by atoms with van der Waals surface area (Å²) < 4.78 is 13.3. The highest BCUT2D eigenvalue weighted by molar-refractivity contribution is 8.01. The van der Waals surface area contributed by atoms with Crippen molar-refractivity contribution in [2.75, 3.05) is 5.75 Å². The molecule has 22 heavy (non-hydrogen) atoms. The average molecular weight is 317 g/mol. The Morgan fingerprint density at radius 3 is 2.95 bits per heavy atom. The van der Waals surface area contributed by atoms with E-state index in [0.717, 1.165) is 48.1 Å². The summed E-state index contributed by atoms with van der Waals surface area (Å²) in [6.07, 6.45) is 3.13. The third-order valence-corrected chi connectivity index (χ3v) is 5.98. The van der Waals surface area contributed by atoms with Crippen LogP contribution < -0.4 is 0 Å². The number of halogens is 1. The number of rotatable bonds is 1. The Labute approximate surface area is 132 Å². The fraction of sp³-hybridized carbons (Fsp3) is 0.412. The lowest BCUT2D eigenvalue weighted by atomic mass is 9.77. The SMILES string of the molecule is O=C1CCCC2=C1C(c1ccc(F)cc1O)C1SCCC1=N2. The Bertz CT molecular complexity index is 725. The summed E-state index contributed by atoms with van der Waals surface area (Å²) in [4.78, 5) is 17.2. The number of fused-ring (bicyclic) bond motifs is 1. The third-order valence-electron chi connectivity index (χ3n) is 4.63. The number of aliphatic imine (C=N–C) groups is 1. The van der Waals surface area contributed by atoms with Crippen LogP contribution in [0.3, 0.4) is 0 Å². The smallest absolute Gasteiger partial charge is 0.161 e. The third kappa shape index (κ3) is 2.10. The second kappa shape index (κ2) is 5.23. The second-order valence-corrected chi connectivity index (χ2v) is 7.21. The molecule has 0 saturated carbocycles. The van der Waals surface area contributed by atoms with Crippen molar-refractivity contribution < 1.29 is 14.3 Å². The first kappa shape index (κ1) is 14.0. The van der Waals surface area contributed by atoms with Gasteiger partial charge in [-0.25, -0.2) is 4.39 Å². The molecule has 0 aromatic heterocycles. The van der Waals surface area contributed by atoms with Crippen LogP contribution >= 0.6 is 11.8 Å². The molecule has 1 saturated heterocycles. The summed E-state index contributed by atoms with van der Waals surface area (Å²) in [5.74, 6) is 0.392. The van der Waals surface area contributed by atoms with Crippen LogP contribution in [0.25, 0.3) is 0 Å². The largest absolute Gasteiger partial charge is 0.508 e. The molecule has 3 nitrogen and oxygen atoms in total. The van der Waals surface area contributed by atoms with Gasteiger partial charge >= 0.3 is 0 Å². The van der Waals surface area contributed by atoms with Crippen LogP contribution in [0.1, 0.15) is 37.2 Å². The first-order valence-corrected chi connectivity index (χ1v) is 8.64. The lowest BCUT2D eigenvalue weighted by Crippen LogP contribution is -2.32. The number of carbonyl (C=O) groups excluding carboxylic acids is 1. The van der Waals surface area contributed by atoms with Crippen molar-refractivity contribution in [3.63, 3.8) is 0 Å². The Balaban J connectivity index is 1.89. The van der Waals surface area contributed by atoms with E-state index < -0.39 is 5.82 Å². The van der Waals surface area contributed by atoms with Crippen molar-refractivity contribution in [3.05, 3.63) is 40.8 Å². The number of phenolic OH excluding ortho intramolecular Hbond substituents is 1. The van der Waals surface area contributed by atoms with Gasteiger partial charge in [-0.1, -0.05) is 6.07 Å². The van der Waals surface area contributed by atoms with E-state index in [1.807, 2.05) is 0 Å². The summed E-state index contributed by atoms with van der Waals surface area (Å²) in [6, 6.07) is 4.10. The van der Waals surface area contributed by atoms with E-state index in [1.165, 1.54) is 6.07 Å². The quantitative estimate of drug-likeness (QED) is 0.861. The molecule has 0 radical (unpaired) electrons. The highest BCUT2D eigenvalue weighted by atomic mass is 32.2. The fourth-order valence-electron chi connectivity index (χ4n) is 3.68. The van der Waals surface area contributed by atoms with Crippen molar-refractivity contribution in [1.82, 2.24) is 0 Å². The monoisotopic (exact) mass is 317 g/mol. The zero-order chi connectivity index (χ0) is 15.3. The van der Waals surface area contributed by atoms with Crippen LogP contribution in [-0.4, -0.2) is 27.6 Å². The second-order valence-electron chi connectivity index (χ2n) is 5.96. The van der Waals surface area contributed by atoms with Gasteiger partial charge in [0.2, 0.25) is 0 Å². The van der Waals surface area contributed by atoms with Gasteiger partial charge in [-0.3, -0.25) is 9.79 Å². The molecular formula is C17H16FNO2S. The van der Waals surface area contributed by atoms with Crippen LogP contribution in [0.5, 0.6) is 5.75 Å². The first-order chi connectivity index (χ1) is 10.6. The summed E-state index contributed by atoms with van der Waals surface area (Å²) in [6.45, 7) is 0. The standard InChI is InChI=1S/C17H16FNO2S/c18-9-4-5-10(14(21)8-9)15-16-11(2-1-3-13(16)20)19-12-6-7-22-17(12)15/h4-5,8,15,17,21H,1-3,6-7H2. The molecule has 4 rings (SSSR count). The Hall–Kier alpha value is -1.62. The number of hydrogen-bond acceptors (Lipinski definition) is 4. The number of benzene rings is 1. The first-order valence-electron chi connectivity index (χ1n) is 7.59. The van der Waals surface area contributed by atoms with Gasteiger partial charge in [0.05, 0.1) is 5.25 Å². The van der Waals surface area contributed by atoms with Gasteiger partial charge in [-0.15, -0.1) is 0 Å². The molecule has 1 aromatic rings. The zero-order valence-corrected chi connectivity index (χ0v) is 12.8. The maximum absolute atomic E-state index is 13.3. The number of phenols is 1. The normalized spacial score (nSPS) is 27.5. The Morgan fingerprint density at radius 1 is 1.27 bits per heavy atom. The minimum atomic E-state index is -0.464. The fourth-order valence-corrected chi connectivity index (χ4v) is 5.09. The number of thioether (sulfide) groups is 1. The number of Topliss-reactive ketones (excluding diaryl/α,β-unsaturated/α-hetero) is 1. The van der Waals surface area contributed by atoms with E-state index in [1.54, 1.807) is 17.8 Å². The van der Waals surface area contributed by atoms with E-state index in [9.17, 15) is 14.3 Å². The minimum Gasteiger partial charge on any atom is -0.508 e. The van der Waals surface area contributed by atoms with Crippen molar-refractivity contribution in [3.8, 4) is 5.75 Å². The molecular weight excluding hydrogens is 301 g/mol. The predicted octanol–water partition coefficient (Wildman–Crippen LogP) is 3.58. The highest BCUT2D eigenvalue weighted by Crippen LogP contribution is 2.49. The maximum Gasteiger partial charge on any atom is 0.161 e. The van der Waals surface area contributed by atoms with Crippen molar-refractivity contribution >= 4 is 23.3 Å². The van der Waals surface area contributed by atoms with Gasteiger partial charge < -0.3 is 5.11 Å². The van der Waals surface area contributed by atoms with Crippen molar-refractivity contribution in [2.24, 2.45) is 4.99 Å². The van der Waals surface area contributed by atoms with Crippen LogP contribution in [0.15, 0.2) is 34.5 Å². The molecule has 2 atom stereocenters. The predicted molar refractivity (Wildman–Crippen MR) is 85.0 cm³/mol. The van der Waals surface area contributed by atoms with Crippen LogP contribution in [0.4, 0.5) is 4.39 Å². The number of nitrogens with zero attached hydrogens (tertiary/aromatic N) is 1. The molecule has 2 unspecified atom stereocenters. The number of ketones is 1. The van der Waals surface area contributed by atoms with Crippen LogP contribution in [0.2, 0.25) is 0 Å². The Morgan fingerprint density at radius 2 is 2.14 bits per heavy atom. The lowest BCUT2D eigenvalue weighted by molar-refractivity contribution is -0.116. The van der Waals surface area contributed by atoms with E-state index in [4.69, 9.17) is 4.99 Å². The maximum atomic E-state index is 13.3. The van der Waals surface area contributed by atoms with Gasteiger partial charge in [-0.05, 0) is 31.1 Å². The molecule has 2 aliphatic heterocycles. The molecule has 1 aromatic carbocycles. The zero-order valence-electron chi connectivity index (χ0n) is 12.0. The van der Waals surface area contributed by atoms with Gasteiger partial charge in [-0.2, -0.15) is 11.8 Å². The highest BCUT2D eigenvalue weighted by Gasteiger charge is 2.43.